The smallest absolute Gasteiger partial charge is 0.242 e. The second-order valence-corrected chi connectivity index (χ2v) is 6.07. The molecular weight excluding hydrogens is 254 g/mol. The fraction of sp³-hybridized carbons (Fsp3) is 0.867. The summed E-state index contributed by atoms with van der Waals surface area (Å²) in [6.07, 6.45) is 6.97. The Bertz CT molecular complexity index is 364. The SMILES string of the molecule is CCC1C(=O)NCCN1C(=O)CC1(NC)CCCCC1. The molecule has 2 amide bonds. The van der Waals surface area contributed by atoms with Crippen LogP contribution in [0, 0.1) is 0 Å². The Balaban J connectivity index is 2.04. The summed E-state index contributed by atoms with van der Waals surface area (Å²) in [4.78, 5) is 26.3. The minimum atomic E-state index is -0.284. The Morgan fingerprint density at radius 1 is 1.40 bits per heavy atom. The normalized spacial score (nSPS) is 26.2. The van der Waals surface area contributed by atoms with Crippen molar-refractivity contribution in [3.63, 3.8) is 0 Å². The van der Waals surface area contributed by atoms with Crippen molar-refractivity contribution < 1.29 is 9.59 Å². The average molecular weight is 281 g/mol. The number of rotatable bonds is 4. The molecule has 1 heterocycles. The van der Waals surface area contributed by atoms with Gasteiger partial charge in [0.2, 0.25) is 11.8 Å². The molecule has 5 heteroatoms. The summed E-state index contributed by atoms with van der Waals surface area (Å²) in [5, 5.41) is 6.23. The summed E-state index contributed by atoms with van der Waals surface area (Å²) in [7, 11) is 1.96. The van der Waals surface area contributed by atoms with Gasteiger partial charge in [-0.1, -0.05) is 26.2 Å². The summed E-state index contributed by atoms with van der Waals surface area (Å²) in [6.45, 7) is 3.18. The van der Waals surface area contributed by atoms with Crippen molar-refractivity contribution in [1.82, 2.24) is 15.5 Å². The zero-order chi connectivity index (χ0) is 14.6. The number of nitrogens with one attached hydrogen (secondary N) is 2. The number of carbonyl (C=O) groups is 2. The fourth-order valence-corrected chi connectivity index (χ4v) is 3.55. The Labute approximate surface area is 121 Å². The fourth-order valence-electron chi connectivity index (χ4n) is 3.55. The first-order valence-corrected chi connectivity index (χ1v) is 7.88. The first-order valence-electron chi connectivity index (χ1n) is 7.88. The molecule has 1 aliphatic carbocycles. The van der Waals surface area contributed by atoms with Gasteiger partial charge >= 0.3 is 0 Å². The third kappa shape index (κ3) is 3.14. The molecule has 0 spiro atoms. The van der Waals surface area contributed by atoms with Gasteiger partial charge in [0.05, 0.1) is 0 Å². The lowest BCUT2D eigenvalue weighted by Crippen LogP contribution is -2.59. The van der Waals surface area contributed by atoms with Gasteiger partial charge in [0.25, 0.3) is 0 Å². The Hall–Kier alpha value is -1.10. The standard InChI is InChI=1S/C15H27N3O2/c1-3-12-14(20)17-9-10-18(12)13(19)11-15(16-2)7-5-4-6-8-15/h12,16H,3-11H2,1-2H3,(H,17,20). The zero-order valence-corrected chi connectivity index (χ0v) is 12.7. The van der Waals surface area contributed by atoms with Crippen molar-refractivity contribution in [3.8, 4) is 0 Å². The average Bonchev–Trinajstić information content (AvgIpc) is 2.47. The van der Waals surface area contributed by atoms with Gasteiger partial charge in [0, 0.05) is 25.0 Å². The van der Waals surface area contributed by atoms with E-state index in [0.29, 0.717) is 25.9 Å². The molecule has 1 saturated carbocycles. The quantitative estimate of drug-likeness (QED) is 0.809. The molecule has 1 saturated heterocycles. The minimum Gasteiger partial charge on any atom is -0.353 e. The lowest BCUT2D eigenvalue weighted by atomic mass is 9.79. The van der Waals surface area contributed by atoms with Crippen molar-refractivity contribution in [2.75, 3.05) is 20.1 Å². The lowest BCUT2D eigenvalue weighted by Gasteiger charge is -2.40. The highest BCUT2D eigenvalue weighted by Crippen LogP contribution is 2.31. The first kappa shape index (κ1) is 15.3. The van der Waals surface area contributed by atoms with E-state index in [4.69, 9.17) is 0 Å². The summed E-state index contributed by atoms with van der Waals surface area (Å²) in [5.74, 6) is 0.122. The van der Waals surface area contributed by atoms with Crippen LogP contribution in [0.25, 0.3) is 0 Å². The predicted octanol–water partition coefficient (Wildman–Crippen LogP) is 1.04. The molecule has 1 aliphatic heterocycles. The van der Waals surface area contributed by atoms with Crippen LogP contribution in [0.4, 0.5) is 0 Å². The van der Waals surface area contributed by atoms with E-state index >= 15 is 0 Å². The van der Waals surface area contributed by atoms with Crippen LogP contribution in [0.15, 0.2) is 0 Å². The summed E-state index contributed by atoms with van der Waals surface area (Å²) in [6, 6.07) is -0.284. The third-order valence-corrected chi connectivity index (χ3v) is 4.87. The molecule has 114 valence electrons. The molecular formula is C15H27N3O2. The van der Waals surface area contributed by atoms with Gasteiger partial charge in [-0.3, -0.25) is 9.59 Å². The van der Waals surface area contributed by atoms with E-state index < -0.39 is 0 Å². The monoisotopic (exact) mass is 281 g/mol. The summed E-state index contributed by atoms with van der Waals surface area (Å²) >= 11 is 0. The van der Waals surface area contributed by atoms with Gasteiger partial charge in [-0.25, -0.2) is 0 Å². The van der Waals surface area contributed by atoms with Gasteiger partial charge in [-0.2, -0.15) is 0 Å². The van der Waals surface area contributed by atoms with E-state index in [1.807, 2.05) is 14.0 Å². The van der Waals surface area contributed by atoms with Crippen LogP contribution < -0.4 is 10.6 Å². The molecule has 20 heavy (non-hydrogen) atoms. The Morgan fingerprint density at radius 2 is 2.10 bits per heavy atom. The number of hydrogen-bond acceptors (Lipinski definition) is 3. The first-order chi connectivity index (χ1) is 9.62. The van der Waals surface area contributed by atoms with Crippen molar-refractivity contribution in [3.05, 3.63) is 0 Å². The van der Waals surface area contributed by atoms with E-state index in [9.17, 15) is 9.59 Å². The summed E-state index contributed by atoms with van der Waals surface area (Å²) in [5.41, 5.74) is -0.0540. The topological polar surface area (TPSA) is 61.4 Å². The van der Waals surface area contributed by atoms with Crippen LogP contribution in [-0.4, -0.2) is 48.4 Å². The van der Waals surface area contributed by atoms with Crippen LogP contribution >= 0.6 is 0 Å². The maximum atomic E-state index is 12.7. The Morgan fingerprint density at radius 3 is 2.70 bits per heavy atom. The number of amides is 2. The third-order valence-electron chi connectivity index (χ3n) is 4.87. The lowest BCUT2D eigenvalue weighted by molar-refractivity contribution is -0.144. The van der Waals surface area contributed by atoms with E-state index in [2.05, 4.69) is 10.6 Å². The van der Waals surface area contributed by atoms with Gasteiger partial charge in [-0.15, -0.1) is 0 Å². The van der Waals surface area contributed by atoms with Gasteiger partial charge in [-0.05, 0) is 26.3 Å². The number of nitrogens with zero attached hydrogens (tertiary/aromatic N) is 1. The Kier molecular flexibility index (Phi) is 5.02. The van der Waals surface area contributed by atoms with Crippen LogP contribution in [-0.2, 0) is 9.59 Å². The van der Waals surface area contributed by atoms with Crippen LogP contribution in [0.1, 0.15) is 51.9 Å². The maximum Gasteiger partial charge on any atom is 0.242 e. The van der Waals surface area contributed by atoms with E-state index in [0.717, 1.165) is 12.8 Å². The highest BCUT2D eigenvalue weighted by molar-refractivity contribution is 5.89. The molecule has 0 aromatic carbocycles. The highest BCUT2D eigenvalue weighted by atomic mass is 16.2. The van der Waals surface area contributed by atoms with Gasteiger partial charge < -0.3 is 15.5 Å². The number of hydrogen-bond donors (Lipinski definition) is 2. The molecule has 1 unspecified atom stereocenters. The largest absolute Gasteiger partial charge is 0.353 e. The predicted molar refractivity (Wildman–Crippen MR) is 78.3 cm³/mol. The second kappa shape index (κ2) is 6.57. The van der Waals surface area contributed by atoms with Crippen LogP contribution in [0.2, 0.25) is 0 Å². The van der Waals surface area contributed by atoms with Crippen molar-refractivity contribution in [1.29, 1.82) is 0 Å². The van der Waals surface area contributed by atoms with E-state index in [-0.39, 0.29) is 23.4 Å². The van der Waals surface area contributed by atoms with Gasteiger partial charge in [0.15, 0.2) is 0 Å². The molecule has 0 radical (unpaired) electrons. The molecule has 5 nitrogen and oxygen atoms in total. The molecule has 2 aliphatic rings. The molecule has 0 aromatic heterocycles. The van der Waals surface area contributed by atoms with Crippen molar-refractivity contribution >= 4 is 11.8 Å². The van der Waals surface area contributed by atoms with Gasteiger partial charge in [0.1, 0.15) is 6.04 Å². The van der Waals surface area contributed by atoms with Crippen LogP contribution in [0.5, 0.6) is 0 Å². The van der Waals surface area contributed by atoms with Crippen molar-refractivity contribution in [2.24, 2.45) is 0 Å². The molecule has 1 atom stereocenters. The summed E-state index contributed by atoms with van der Waals surface area (Å²) < 4.78 is 0. The molecule has 2 rings (SSSR count). The molecule has 2 fully saturated rings. The van der Waals surface area contributed by atoms with E-state index in [1.165, 1.54) is 19.3 Å². The zero-order valence-electron chi connectivity index (χ0n) is 12.7. The molecule has 0 bridgehead atoms. The van der Waals surface area contributed by atoms with Crippen LogP contribution in [0.3, 0.4) is 0 Å². The second-order valence-electron chi connectivity index (χ2n) is 6.07. The molecule has 2 N–H and O–H groups in total. The highest BCUT2D eigenvalue weighted by Gasteiger charge is 2.37. The van der Waals surface area contributed by atoms with E-state index in [1.54, 1.807) is 4.90 Å². The minimum absolute atomic E-state index is 0.00532. The number of carbonyl (C=O) groups excluding carboxylic acids is 2. The van der Waals surface area contributed by atoms with Crippen molar-refractivity contribution in [2.45, 2.75) is 63.5 Å². The molecule has 0 aromatic rings. The maximum absolute atomic E-state index is 12.7. The number of piperazine rings is 1.